The molecule has 0 unspecified atom stereocenters. The van der Waals surface area contributed by atoms with Crippen molar-refractivity contribution in [2.75, 3.05) is 0 Å². The fraction of sp³-hybridized carbons (Fsp3) is 0.429. The van der Waals surface area contributed by atoms with Crippen molar-refractivity contribution in [1.82, 2.24) is 10.2 Å². The van der Waals surface area contributed by atoms with Crippen LogP contribution in [0.4, 0.5) is 0 Å². The second-order valence-corrected chi connectivity index (χ2v) is 3.87. The lowest BCUT2D eigenvalue weighted by atomic mass is 10.0. The Morgan fingerprint density at radius 1 is 0.938 bits per heavy atom. The average Bonchev–Trinajstić information content (AvgIpc) is 2.32. The molecule has 1 aromatic carbocycles. The SMILES string of the molecule is CC.Cc1nnc(C(C)C)c2ccccc12. The zero-order chi connectivity index (χ0) is 12.1. The number of aryl methyl sites for hydroxylation is 1. The number of nitrogens with zero attached hydrogens (tertiary/aromatic N) is 2. The van der Waals surface area contributed by atoms with Crippen molar-refractivity contribution >= 4 is 10.8 Å². The molecule has 86 valence electrons. The van der Waals surface area contributed by atoms with Gasteiger partial charge in [0.05, 0.1) is 11.4 Å². The van der Waals surface area contributed by atoms with Gasteiger partial charge in [0, 0.05) is 10.8 Å². The minimum atomic E-state index is 0.424. The van der Waals surface area contributed by atoms with Gasteiger partial charge in [0.25, 0.3) is 0 Å². The molecule has 0 fully saturated rings. The van der Waals surface area contributed by atoms with Crippen LogP contribution in [0.2, 0.25) is 0 Å². The molecule has 2 aromatic rings. The van der Waals surface area contributed by atoms with Crippen LogP contribution in [0, 0.1) is 6.92 Å². The second kappa shape index (κ2) is 5.59. The third-order valence-corrected chi connectivity index (χ3v) is 2.45. The minimum Gasteiger partial charge on any atom is -0.155 e. The summed E-state index contributed by atoms with van der Waals surface area (Å²) in [6.45, 7) is 10.3. The number of hydrogen-bond acceptors (Lipinski definition) is 2. The summed E-state index contributed by atoms with van der Waals surface area (Å²) in [6.07, 6.45) is 0. The maximum atomic E-state index is 4.26. The monoisotopic (exact) mass is 216 g/mol. The van der Waals surface area contributed by atoms with Gasteiger partial charge in [-0.2, -0.15) is 10.2 Å². The van der Waals surface area contributed by atoms with E-state index in [-0.39, 0.29) is 0 Å². The molecule has 0 aliphatic rings. The molecule has 1 aromatic heterocycles. The molecule has 0 N–H and O–H groups in total. The molecule has 0 atom stereocenters. The fourth-order valence-electron chi connectivity index (χ4n) is 1.69. The predicted octanol–water partition coefficient (Wildman–Crippen LogP) is 4.09. The highest BCUT2D eigenvalue weighted by molar-refractivity contribution is 5.86. The Morgan fingerprint density at radius 3 is 2.06 bits per heavy atom. The van der Waals surface area contributed by atoms with Crippen LogP contribution in [-0.4, -0.2) is 10.2 Å². The molecule has 1 heterocycles. The van der Waals surface area contributed by atoms with Gasteiger partial charge in [-0.05, 0) is 12.8 Å². The molecule has 0 radical (unpaired) electrons. The normalized spacial score (nSPS) is 10.1. The lowest BCUT2D eigenvalue weighted by Crippen LogP contribution is -1.99. The van der Waals surface area contributed by atoms with E-state index in [0.29, 0.717) is 5.92 Å². The summed E-state index contributed by atoms with van der Waals surface area (Å²) in [5.74, 6) is 0.424. The molecule has 0 amide bonds. The van der Waals surface area contributed by atoms with E-state index >= 15 is 0 Å². The van der Waals surface area contributed by atoms with Gasteiger partial charge in [0.15, 0.2) is 0 Å². The molecule has 2 rings (SSSR count). The Morgan fingerprint density at radius 2 is 1.50 bits per heavy atom. The molecule has 16 heavy (non-hydrogen) atoms. The van der Waals surface area contributed by atoms with E-state index in [1.165, 1.54) is 10.8 Å². The van der Waals surface area contributed by atoms with Crippen molar-refractivity contribution in [3.8, 4) is 0 Å². The highest BCUT2D eigenvalue weighted by Gasteiger charge is 2.08. The van der Waals surface area contributed by atoms with E-state index < -0.39 is 0 Å². The summed E-state index contributed by atoms with van der Waals surface area (Å²) in [4.78, 5) is 0. The van der Waals surface area contributed by atoms with Crippen molar-refractivity contribution in [3.05, 3.63) is 35.7 Å². The Balaban J connectivity index is 0.000000606. The largest absolute Gasteiger partial charge is 0.155 e. The molecular weight excluding hydrogens is 196 g/mol. The average molecular weight is 216 g/mol. The summed E-state index contributed by atoms with van der Waals surface area (Å²) >= 11 is 0. The molecule has 0 aliphatic carbocycles. The molecule has 0 bridgehead atoms. The van der Waals surface area contributed by atoms with E-state index in [0.717, 1.165) is 11.4 Å². The number of aromatic nitrogens is 2. The lowest BCUT2D eigenvalue weighted by Gasteiger charge is -2.08. The Hall–Kier alpha value is -1.44. The quantitative estimate of drug-likeness (QED) is 0.717. The number of rotatable bonds is 1. The zero-order valence-electron chi connectivity index (χ0n) is 10.8. The molecule has 2 heteroatoms. The van der Waals surface area contributed by atoms with Crippen molar-refractivity contribution in [1.29, 1.82) is 0 Å². The van der Waals surface area contributed by atoms with Gasteiger partial charge in [-0.3, -0.25) is 0 Å². The Labute approximate surface area is 97.7 Å². The topological polar surface area (TPSA) is 25.8 Å². The van der Waals surface area contributed by atoms with E-state index in [4.69, 9.17) is 0 Å². The van der Waals surface area contributed by atoms with E-state index in [2.05, 4.69) is 42.2 Å². The first-order chi connectivity index (χ1) is 7.70. The highest BCUT2D eigenvalue weighted by atomic mass is 15.1. The van der Waals surface area contributed by atoms with Gasteiger partial charge in [0.1, 0.15) is 0 Å². The summed E-state index contributed by atoms with van der Waals surface area (Å²) in [5, 5.41) is 10.9. The zero-order valence-corrected chi connectivity index (χ0v) is 10.8. The first-order valence-electron chi connectivity index (χ1n) is 5.92. The standard InChI is InChI=1S/C12H14N2.C2H6/c1-8(2)12-11-7-5-4-6-10(11)9(3)13-14-12;1-2/h4-8H,1-3H3;1-2H3. The molecule has 2 nitrogen and oxygen atoms in total. The summed E-state index contributed by atoms with van der Waals surface area (Å²) in [5.41, 5.74) is 2.09. The highest BCUT2D eigenvalue weighted by Crippen LogP contribution is 2.23. The third-order valence-electron chi connectivity index (χ3n) is 2.45. The van der Waals surface area contributed by atoms with Crippen molar-refractivity contribution < 1.29 is 0 Å². The Bertz CT molecular complexity index is 461. The smallest absolute Gasteiger partial charge is 0.0734 e. The first-order valence-corrected chi connectivity index (χ1v) is 5.92. The van der Waals surface area contributed by atoms with Crippen LogP contribution in [-0.2, 0) is 0 Å². The van der Waals surface area contributed by atoms with Crippen LogP contribution in [0.25, 0.3) is 10.8 Å². The molecule has 0 spiro atoms. The van der Waals surface area contributed by atoms with E-state index in [1.807, 2.05) is 26.8 Å². The van der Waals surface area contributed by atoms with Gasteiger partial charge < -0.3 is 0 Å². The maximum absolute atomic E-state index is 4.26. The van der Waals surface area contributed by atoms with Crippen molar-refractivity contribution in [2.24, 2.45) is 0 Å². The summed E-state index contributed by atoms with van der Waals surface area (Å²) in [7, 11) is 0. The number of hydrogen-bond donors (Lipinski definition) is 0. The minimum absolute atomic E-state index is 0.424. The van der Waals surface area contributed by atoms with Crippen LogP contribution in [0.1, 0.15) is 45.0 Å². The lowest BCUT2D eigenvalue weighted by molar-refractivity contribution is 0.792. The van der Waals surface area contributed by atoms with Crippen LogP contribution in [0.15, 0.2) is 24.3 Å². The van der Waals surface area contributed by atoms with Crippen molar-refractivity contribution in [3.63, 3.8) is 0 Å². The van der Waals surface area contributed by atoms with Gasteiger partial charge in [-0.15, -0.1) is 0 Å². The Kier molecular flexibility index (Phi) is 4.41. The van der Waals surface area contributed by atoms with E-state index in [9.17, 15) is 0 Å². The van der Waals surface area contributed by atoms with E-state index in [1.54, 1.807) is 0 Å². The molecule has 0 saturated heterocycles. The molecular formula is C14H20N2. The summed E-state index contributed by atoms with van der Waals surface area (Å²) in [6, 6.07) is 8.31. The van der Waals surface area contributed by atoms with Crippen LogP contribution in [0.3, 0.4) is 0 Å². The second-order valence-electron chi connectivity index (χ2n) is 3.87. The van der Waals surface area contributed by atoms with Crippen molar-refractivity contribution in [2.45, 2.75) is 40.5 Å². The summed E-state index contributed by atoms with van der Waals surface area (Å²) < 4.78 is 0. The van der Waals surface area contributed by atoms with Gasteiger partial charge >= 0.3 is 0 Å². The molecule has 0 aliphatic heterocycles. The predicted molar refractivity (Wildman–Crippen MR) is 69.7 cm³/mol. The number of benzene rings is 1. The fourth-order valence-corrected chi connectivity index (χ4v) is 1.69. The van der Waals surface area contributed by atoms with Gasteiger partial charge in [-0.25, -0.2) is 0 Å². The van der Waals surface area contributed by atoms with Crippen LogP contribution < -0.4 is 0 Å². The van der Waals surface area contributed by atoms with Gasteiger partial charge in [0.2, 0.25) is 0 Å². The van der Waals surface area contributed by atoms with Gasteiger partial charge in [-0.1, -0.05) is 52.0 Å². The van der Waals surface area contributed by atoms with Crippen LogP contribution in [0.5, 0.6) is 0 Å². The first kappa shape index (κ1) is 12.6. The van der Waals surface area contributed by atoms with Crippen LogP contribution >= 0.6 is 0 Å². The number of fused-ring (bicyclic) bond motifs is 1. The third kappa shape index (κ3) is 2.38. The maximum Gasteiger partial charge on any atom is 0.0734 e. The molecule has 0 saturated carbocycles.